The minimum Gasteiger partial charge on any atom is -0.497 e. The first-order chi connectivity index (χ1) is 15.2. The number of benzene rings is 2. The minimum absolute atomic E-state index is 0.0139. The maximum atomic E-state index is 13.3. The highest BCUT2D eigenvalue weighted by Gasteiger charge is 2.36. The summed E-state index contributed by atoms with van der Waals surface area (Å²) < 4.78 is 5.19. The zero-order valence-electron chi connectivity index (χ0n) is 16.8. The molecule has 1 aliphatic heterocycles. The number of fused-ring (bicyclic) bond motifs is 2. The largest absolute Gasteiger partial charge is 0.497 e. The van der Waals surface area contributed by atoms with Gasteiger partial charge in [-0.25, -0.2) is 4.98 Å². The number of hydrogen-bond donors (Lipinski definition) is 1. The van der Waals surface area contributed by atoms with Gasteiger partial charge in [0.1, 0.15) is 5.75 Å². The number of allylic oxidation sites excluding steroid dienone is 2. The number of anilines is 1. The van der Waals surface area contributed by atoms with Crippen LogP contribution in [0.3, 0.4) is 0 Å². The topological polar surface area (TPSA) is 71.1 Å². The van der Waals surface area contributed by atoms with Gasteiger partial charge < -0.3 is 9.64 Å². The van der Waals surface area contributed by atoms with Gasteiger partial charge in [-0.3, -0.25) is 9.89 Å². The van der Waals surface area contributed by atoms with Gasteiger partial charge in [0.15, 0.2) is 5.82 Å². The Hall–Kier alpha value is -2.97. The second-order valence-electron chi connectivity index (χ2n) is 7.06. The van der Waals surface area contributed by atoms with Gasteiger partial charge >= 0.3 is 0 Å². The van der Waals surface area contributed by atoms with E-state index in [0.29, 0.717) is 11.0 Å². The molecule has 0 fully saturated rings. The molecule has 0 spiro atoms. The van der Waals surface area contributed by atoms with Crippen molar-refractivity contribution >= 4 is 35.1 Å². The highest BCUT2D eigenvalue weighted by molar-refractivity contribution is 8.00. The Labute approximate surface area is 188 Å². The maximum absolute atomic E-state index is 13.3. The van der Waals surface area contributed by atoms with Gasteiger partial charge in [0, 0.05) is 10.5 Å². The Morgan fingerprint density at radius 1 is 1.16 bits per heavy atom. The standard InChI is InChI=1S/C23H20N4O2S2/c1-29-16-12-10-15(11-13-16)22-24-23(26-25-22)30-14-21(28)27-17-6-2-4-8-19(17)31-20-9-5-3-7-18(20)27/h2-13,17,19H,14H2,1H3,(H,24,25,26)/t17-,19+/m0/s1. The van der Waals surface area contributed by atoms with Crippen LogP contribution in [-0.2, 0) is 4.79 Å². The van der Waals surface area contributed by atoms with Crippen LogP contribution in [0, 0.1) is 0 Å². The van der Waals surface area contributed by atoms with Gasteiger partial charge in [-0.2, -0.15) is 0 Å². The highest BCUT2D eigenvalue weighted by atomic mass is 32.2. The second kappa shape index (κ2) is 8.64. The zero-order chi connectivity index (χ0) is 21.2. The van der Waals surface area contributed by atoms with Crippen molar-refractivity contribution in [1.82, 2.24) is 15.2 Å². The van der Waals surface area contributed by atoms with Gasteiger partial charge in [-0.15, -0.1) is 16.9 Å². The van der Waals surface area contributed by atoms with E-state index < -0.39 is 0 Å². The molecule has 1 amide bonds. The number of hydrogen-bond acceptors (Lipinski definition) is 6. The second-order valence-corrected chi connectivity index (χ2v) is 9.22. The highest BCUT2D eigenvalue weighted by Crippen LogP contribution is 2.43. The summed E-state index contributed by atoms with van der Waals surface area (Å²) in [6, 6.07) is 15.7. The number of amides is 1. The van der Waals surface area contributed by atoms with E-state index in [0.717, 1.165) is 21.9 Å². The first-order valence-electron chi connectivity index (χ1n) is 9.85. The number of nitrogens with zero attached hydrogens (tertiary/aromatic N) is 3. The van der Waals surface area contributed by atoms with E-state index in [1.165, 1.54) is 11.8 Å². The lowest BCUT2D eigenvalue weighted by Gasteiger charge is -2.40. The van der Waals surface area contributed by atoms with Crippen LogP contribution in [0.15, 0.2) is 82.9 Å². The summed E-state index contributed by atoms with van der Waals surface area (Å²) in [4.78, 5) is 20.9. The molecule has 1 aromatic heterocycles. The number of para-hydroxylation sites is 1. The summed E-state index contributed by atoms with van der Waals surface area (Å²) in [7, 11) is 1.64. The lowest BCUT2D eigenvalue weighted by atomic mass is 10.0. The van der Waals surface area contributed by atoms with Crippen molar-refractivity contribution < 1.29 is 9.53 Å². The lowest BCUT2D eigenvalue weighted by Crippen LogP contribution is -2.48. The molecule has 6 nitrogen and oxygen atoms in total. The molecular weight excluding hydrogens is 428 g/mol. The van der Waals surface area contributed by atoms with Crippen molar-refractivity contribution in [2.75, 3.05) is 17.8 Å². The SMILES string of the molecule is COc1ccc(-c2nc(SCC(=O)N3c4ccccc4S[C@@H]4C=CC=C[C@@H]43)n[nH]2)cc1. The van der Waals surface area contributed by atoms with Crippen LogP contribution < -0.4 is 9.64 Å². The Kier molecular flexibility index (Phi) is 5.57. The fraction of sp³-hybridized carbons (Fsp3) is 0.174. The molecule has 2 atom stereocenters. The van der Waals surface area contributed by atoms with Crippen LogP contribution in [0.25, 0.3) is 11.4 Å². The average molecular weight is 449 g/mol. The molecule has 8 heteroatoms. The molecule has 3 aromatic rings. The minimum atomic E-state index is 0.0139. The molecular formula is C23H20N4O2S2. The average Bonchev–Trinajstić information content (AvgIpc) is 3.30. The van der Waals surface area contributed by atoms with E-state index >= 15 is 0 Å². The fourth-order valence-electron chi connectivity index (χ4n) is 3.67. The van der Waals surface area contributed by atoms with Crippen LogP contribution in [0.5, 0.6) is 5.75 Å². The van der Waals surface area contributed by atoms with E-state index in [4.69, 9.17) is 4.74 Å². The first kappa shape index (κ1) is 20.0. The fourth-order valence-corrected chi connectivity index (χ4v) is 5.58. The molecule has 31 heavy (non-hydrogen) atoms. The van der Waals surface area contributed by atoms with E-state index in [9.17, 15) is 4.79 Å². The summed E-state index contributed by atoms with van der Waals surface area (Å²) in [6.07, 6.45) is 8.33. The van der Waals surface area contributed by atoms with Crippen molar-refractivity contribution in [2.45, 2.75) is 21.3 Å². The number of methoxy groups -OCH3 is 1. The monoisotopic (exact) mass is 448 g/mol. The van der Waals surface area contributed by atoms with E-state index in [1.54, 1.807) is 18.9 Å². The molecule has 5 rings (SSSR count). The number of aromatic amines is 1. The molecule has 1 N–H and O–H groups in total. The molecule has 0 saturated carbocycles. The van der Waals surface area contributed by atoms with E-state index in [1.807, 2.05) is 59.5 Å². The first-order valence-corrected chi connectivity index (χ1v) is 11.7. The third-order valence-corrected chi connectivity index (χ3v) is 7.30. The number of ether oxygens (including phenoxy) is 1. The predicted molar refractivity (Wildman–Crippen MR) is 125 cm³/mol. The number of H-pyrrole nitrogens is 1. The van der Waals surface area contributed by atoms with Gasteiger partial charge in [0.05, 0.1) is 29.8 Å². The van der Waals surface area contributed by atoms with Crippen LogP contribution in [0.2, 0.25) is 0 Å². The molecule has 0 unspecified atom stereocenters. The normalized spacial score (nSPS) is 19.1. The van der Waals surface area contributed by atoms with Crippen molar-refractivity contribution in [1.29, 1.82) is 0 Å². The van der Waals surface area contributed by atoms with E-state index in [2.05, 4.69) is 33.4 Å². The summed E-state index contributed by atoms with van der Waals surface area (Å²) >= 11 is 3.14. The number of aromatic nitrogens is 3. The summed E-state index contributed by atoms with van der Waals surface area (Å²) in [5.74, 6) is 1.76. The Bertz CT molecular complexity index is 1160. The molecule has 0 bridgehead atoms. The maximum Gasteiger partial charge on any atom is 0.238 e. The van der Waals surface area contributed by atoms with Crippen LogP contribution in [0.1, 0.15) is 0 Å². The molecule has 0 saturated heterocycles. The van der Waals surface area contributed by atoms with Crippen LogP contribution >= 0.6 is 23.5 Å². The van der Waals surface area contributed by atoms with Crippen LogP contribution in [-0.4, -0.2) is 45.2 Å². The summed E-state index contributed by atoms with van der Waals surface area (Å²) in [6.45, 7) is 0. The van der Waals surface area contributed by atoms with E-state index in [-0.39, 0.29) is 23.0 Å². The summed E-state index contributed by atoms with van der Waals surface area (Å²) in [5, 5.41) is 8.00. The number of thioether (sulfide) groups is 2. The van der Waals surface area contributed by atoms with Crippen molar-refractivity contribution in [2.24, 2.45) is 0 Å². The molecule has 2 aromatic carbocycles. The van der Waals surface area contributed by atoms with Crippen molar-refractivity contribution in [3.63, 3.8) is 0 Å². The van der Waals surface area contributed by atoms with Gasteiger partial charge in [-0.05, 0) is 36.4 Å². The molecule has 2 aliphatic rings. The smallest absolute Gasteiger partial charge is 0.238 e. The van der Waals surface area contributed by atoms with Gasteiger partial charge in [-0.1, -0.05) is 48.2 Å². The zero-order valence-corrected chi connectivity index (χ0v) is 18.4. The van der Waals surface area contributed by atoms with Crippen molar-refractivity contribution in [3.8, 4) is 17.1 Å². The quantitative estimate of drug-likeness (QED) is 0.577. The number of carbonyl (C=O) groups is 1. The van der Waals surface area contributed by atoms with Gasteiger partial charge in [0.25, 0.3) is 0 Å². The molecule has 2 heterocycles. The Balaban J connectivity index is 1.32. The number of rotatable bonds is 5. The van der Waals surface area contributed by atoms with Gasteiger partial charge in [0.2, 0.25) is 11.1 Å². The summed E-state index contributed by atoms with van der Waals surface area (Å²) in [5.41, 5.74) is 1.88. The third-order valence-electron chi connectivity index (χ3n) is 5.16. The Morgan fingerprint density at radius 3 is 2.81 bits per heavy atom. The number of carbonyl (C=O) groups excluding carboxylic acids is 1. The Morgan fingerprint density at radius 2 is 1.97 bits per heavy atom. The van der Waals surface area contributed by atoms with Crippen molar-refractivity contribution in [3.05, 3.63) is 72.8 Å². The third kappa shape index (κ3) is 4.00. The lowest BCUT2D eigenvalue weighted by molar-refractivity contribution is -0.116. The molecule has 0 radical (unpaired) electrons. The predicted octanol–water partition coefficient (Wildman–Crippen LogP) is 4.57. The molecule has 1 aliphatic carbocycles. The van der Waals surface area contributed by atoms with Crippen LogP contribution in [0.4, 0.5) is 5.69 Å². The number of nitrogens with one attached hydrogen (secondary N) is 1. The molecule has 156 valence electrons.